The van der Waals surface area contributed by atoms with Gasteiger partial charge >= 0.3 is 5.97 Å². The minimum atomic E-state index is -0.702. The van der Waals surface area contributed by atoms with Gasteiger partial charge in [-0.2, -0.15) is 0 Å². The molecule has 2 aromatic carbocycles. The van der Waals surface area contributed by atoms with Crippen LogP contribution in [-0.2, 0) is 11.2 Å². The Kier molecular flexibility index (Phi) is 5.55. The third-order valence-electron chi connectivity index (χ3n) is 4.52. The van der Waals surface area contributed by atoms with E-state index in [2.05, 4.69) is 0 Å². The van der Waals surface area contributed by atoms with Gasteiger partial charge in [-0.25, -0.2) is 8.78 Å². The lowest BCUT2D eigenvalue weighted by atomic mass is 9.90. The zero-order chi connectivity index (χ0) is 18.7. The molecule has 2 aromatic rings. The fourth-order valence-electron chi connectivity index (χ4n) is 3.20. The Morgan fingerprint density at radius 1 is 1.12 bits per heavy atom. The molecule has 1 unspecified atom stereocenters. The molecule has 3 nitrogen and oxygen atoms in total. The maximum Gasteiger partial charge on any atom is 0.314 e. The summed E-state index contributed by atoms with van der Waals surface area (Å²) in [5.41, 5.74) is 0.832. The van der Waals surface area contributed by atoms with Crippen molar-refractivity contribution in [3.63, 3.8) is 0 Å². The van der Waals surface area contributed by atoms with Crippen LogP contribution in [0.4, 0.5) is 8.78 Å². The summed E-state index contributed by atoms with van der Waals surface area (Å²) in [5, 5.41) is 0. The zero-order valence-electron chi connectivity index (χ0n) is 15.0. The summed E-state index contributed by atoms with van der Waals surface area (Å²) < 4.78 is 40.0. The van der Waals surface area contributed by atoms with E-state index in [0.717, 1.165) is 12.8 Å². The molecule has 0 fully saturated rings. The van der Waals surface area contributed by atoms with Crippen LogP contribution in [0.5, 0.6) is 11.5 Å². The third-order valence-corrected chi connectivity index (χ3v) is 4.52. The van der Waals surface area contributed by atoms with Gasteiger partial charge in [-0.05, 0) is 37.0 Å². The largest absolute Gasteiger partial charge is 0.494 e. The van der Waals surface area contributed by atoms with Crippen molar-refractivity contribution in [2.24, 2.45) is 5.92 Å². The van der Waals surface area contributed by atoms with Crippen molar-refractivity contribution in [1.82, 2.24) is 0 Å². The second-order valence-electron chi connectivity index (χ2n) is 6.52. The number of rotatable bonds is 6. The quantitative estimate of drug-likeness (QED) is 0.518. The Balaban J connectivity index is 1.94. The number of benzene rings is 2. The Morgan fingerprint density at radius 3 is 2.58 bits per heavy atom. The highest BCUT2D eigenvalue weighted by Gasteiger charge is 2.31. The van der Waals surface area contributed by atoms with Crippen molar-refractivity contribution in [2.45, 2.75) is 39.5 Å². The second-order valence-corrected chi connectivity index (χ2v) is 6.52. The lowest BCUT2D eigenvalue weighted by molar-refractivity contribution is -0.140. The number of esters is 1. The highest BCUT2D eigenvalue weighted by molar-refractivity contribution is 5.80. The molecule has 1 aliphatic rings. The molecular formula is C21H22F2O3. The van der Waals surface area contributed by atoms with E-state index in [1.54, 1.807) is 18.2 Å². The predicted octanol–water partition coefficient (Wildman–Crippen LogP) is 5.30. The Bertz CT molecular complexity index is 817. The molecular weight excluding hydrogens is 338 g/mol. The van der Waals surface area contributed by atoms with Crippen LogP contribution in [0.25, 0.3) is 11.1 Å². The van der Waals surface area contributed by atoms with Crippen LogP contribution in [0.1, 0.15) is 38.7 Å². The van der Waals surface area contributed by atoms with E-state index in [9.17, 15) is 13.6 Å². The molecule has 138 valence electrons. The lowest BCUT2D eigenvalue weighted by Gasteiger charge is -2.24. The van der Waals surface area contributed by atoms with Gasteiger partial charge in [0.05, 0.1) is 12.5 Å². The Labute approximate surface area is 151 Å². The smallest absolute Gasteiger partial charge is 0.314 e. The van der Waals surface area contributed by atoms with Gasteiger partial charge in [0.1, 0.15) is 11.6 Å². The second kappa shape index (κ2) is 7.85. The molecule has 0 bridgehead atoms. The minimum absolute atomic E-state index is 0.0741. The first-order chi connectivity index (χ1) is 12.5. The summed E-state index contributed by atoms with van der Waals surface area (Å²) in [6, 6.07) is 7.59. The lowest BCUT2D eigenvalue weighted by Crippen LogP contribution is -2.28. The van der Waals surface area contributed by atoms with E-state index in [1.807, 2.05) is 13.8 Å². The monoisotopic (exact) mass is 360 g/mol. The van der Waals surface area contributed by atoms with Crippen molar-refractivity contribution in [3.8, 4) is 22.6 Å². The normalized spacial score (nSPS) is 16.2. The Morgan fingerprint density at radius 2 is 1.88 bits per heavy atom. The standard InChI is InChI=1S/C21H22F2O3/c1-3-5-14-11-13-6-8-17(19(23)20(13)26-21(14)24)16-9-7-15(12-18(16)22)25-10-4-2/h6-9,12,14H,3-5,10-11H2,1-2H3. The number of carbonyl (C=O) groups excluding carboxylic acids is 1. The summed E-state index contributed by atoms with van der Waals surface area (Å²) in [6.07, 6.45) is 2.82. The first kappa shape index (κ1) is 18.4. The van der Waals surface area contributed by atoms with Crippen LogP contribution in [0.2, 0.25) is 0 Å². The van der Waals surface area contributed by atoms with Gasteiger partial charge in [-0.3, -0.25) is 4.79 Å². The van der Waals surface area contributed by atoms with E-state index < -0.39 is 17.6 Å². The van der Waals surface area contributed by atoms with Gasteiger partial charge < -0.3 is 9.47 Å². The van der Waals surface area contributed by atoms with E-state index in [1.165, 1.54) is 12.1 Å². The molecule has 26 heavy (non-hydrogen) atoms. The first-order valence-electron chi connectivity index (χ1n) is 9.00. The molecule has 0 amide bonds. The fraction of sp³-hybridized carbons (Fsp3) is 0.381. The van der Waals surface area contributed by atoms with Crippen molar-refractivity contribution < 1.29 is 23.0 Å². The number of ether oxygens (including phenoxy) is 2. The summed E-state index contributed by atoms with van der Waals surface area (Å²) in [6.45, 7) is 4.43. The Hall–Kier alpha value is -2.43. The molecule has 0 spiro atoms. The molecule has 3 rings (SSSR count). The molecule has 1 atom stereocenters. The van der Waals surface area contributed by atoms with Gasteiger partial charge in [0, 0.05) is 17.2 Å². The minimum Gasteiger partial charge on any atom is -0.494 e. The molecule has 5 heteroatoms. The van der Waals surface area contributed by atoms with E-state index in [0.29, 0.717) is 30.8 Å². The van der Waals surface area contributed by atoms with Crippen LogP contribution in [0.3, 0.4) is 0 Å². The molecule has 0 aliphatic carbocycles. The van der Waals surface area contributed by atoms with Crippen molar-refractivity contribution in [2.75, 3.05) is 6.61 Å². The van der Waals surface area contributed by atoms with Crippen LogP contribution >= 0.6 is 0 Å². The average molecular weight is 360 g/mol. The van der Waals surface area contributed by atoms with Crippen LogP contribution in [-0.4, -0.2) is 12.6 Å². The first-order valence-corrected chi connectivity index (χ1v) is 9.00. The van der Waals surface area contributed by atoms with E-state index >= 15 is 0 Å². The highest BCUT2D eigenvalue weighted by Crippen LogP contribution is 2.38. The van der Waals surface area contributed by atoms with Gasteiger partial charge in [-0.1, -0.05) is 32.4 Å². The van der Waals surface area contributed by atoms with Gasteiger partial charge in [0.25, 0.3) is 0 Å². The average Bonchev–Trinajstić information content (AvgIpc) is 2.62. The SMILES string of the molecule is CCCOc1ccc(-c2ccc3c(c2F)OC(=O)C(CCC)C3)c(F)c1. The number of halogens is 2. The molecule has 1 heterocycles. The molecule has 1 aliphatic heterocycles. The maximum atomic E-state index is 14.9. The fourth-order valence-corrected chi connectivity index (χ4v) is 3.20. The number of hydrogen-bond acceptors (Lipinski definition) is 3. The summed E-state index contributed by atoms with van der Waals surface area (Å²) in [4.78, 5) is 12.1. The van der Waals surface area contributed by atoms with Crippen LogP contribution < -0.4 is 9.47 Å². The van der Waals surface area contributed by atoms with Crippen molar-refractivity contribution in [3.05, 3.63) is 47.5 Å². The number of carbonyl (C=O) groups is 1. The summed E-state index contributed by atoms with van der Waals surface area (Å²) in [7, 11) is 0. The molecule has 0 saturated carbocycles. The maximum absolute atomic E-state index is 14.9. The third kappa shape index (κ3) is 3.57. The zero-order valence-corrected chi connectivity index (χ0v) is 15.0. The molecule has 0 radical (unpaired) electrons. The highest BCUT2D eigenvalue weighted by atomic mass is 19.1. The van der Waals surface area contributed by atoms with E-state index in [-0.39, 0.29) is 22.8 Å². The van der Waals surface area contributed by atoms with Gasteiger partial charge in [-0.15, -0.1) is 0 Å². The molecule has 0 saturated heterocycles. The van der Waals surface area contributed by atoms with Crippen LogP contribution in [0, 0.1) is 17.6 Å². The van der Waals surface area contributed by atoms with Gasteiger partial charge in [0.2, 0.25) is 0 Å². The topological polar surface area (TPSA) is 35.5 Å². The molecule has 0 aromatic heterocycles. The van der Waals surface area contributed by atoms with Crippen molar-refractivity contribution >= 4 is 5.97 Å². The summed E-state index contributed by atoms with van der Waals surface area (Å²) in [5.74, 6) is -1.62. The van der Waals surface area contributed by atoms with Crippen LogP contribution in [0.15, 0.2) is 30.3 Å². The van der Waals surface area contributed by atoms with E-state index in [4.69, 9.17) is 9.47 Å². The van der Waals surface area contributed by atoms with Gasteiger partial charge in [0.15, 0.2) is 11.6 Å². The summed E-state index contributed by atoms with van der Waals surface area (Å²) >= 11 is 0. The van der Waals surface area contributed by atoms with Crippen molar-refractivity contribution in [1.29, 1.82) is 0 Å². The number of hydrogen-bond donors (Lipinski definition) is 0. The predicted molar refractivity (Wildman–Crippen MR) is 95.3 cm³/mol. The number of fused-ring (bicyclic) bond motifs is 1. The molecule has 0 N–H and O–H groups in total.